The first-order valence-corrected chi connectivity index (χ1v) is 12.3. The lowest BCUT2D eigenvalue weighted by molar-refractivity contribution is 0.401. The van der Waals surface area contributed by atoms with Crippen LogP contribution < -0.4 is 5.56 Å². The topological polar surface area (TPSA) is 108 Å². The summed E-state index contributed by atoms with van der Waals surface area (Å²) in [7, 11) is 0. The number of nitrogens with one attached hydrogen (secondary N) is 1. The van der Waals surface area contributed by atoms with Gasteiger partial charge in [-0.25, -0.2) is 9.97 Å². The average Bonchev–Trinajstić information content (AvgIpc) is 3.31. The lowest BCUT2D eigenvalue weighted by Gasteiger charge is -2.17. The Kier molecular flexibility index (Phi) is 6.32. The van der Waals surface area contributed by atoms with Gasteiger partial charge in [0.05, 0.1) is 33.7 Å². The standard InChI is InChI=1S/C28H23N5O2S/c1-17-11-13-19(14-12-17)16-33-27(35)20-7-3-4-8-22(20)32-28(33)36-18(2)25(34)21(15-29)26-30-23-9-5-6-10-24(23)31-26/h3-14,18,34H,16H2,1-2H3,(H,30,31)/b25-21-. The number of benzene rings is 3. The fourth-order valence-corrected chi connectivity index (χ4v) is 4.94. The molecule has 3 aromatic carbocycles. The van der Waals surface area contributed by atoms with Crippen LogP contribution in [-0.4, -0.2) is 29.9 Å². The van der Waals surface area contributed by atoms with E-state index in [0.29, 0.717) is 33.9 Å². The minimum Gasteiger partial charge on any atom is -0.510 e. The van der Waals surface area contributed by atoms with Crippen molar-refractivity contribution in [3.05, 3.63) is 106 Å². The number of H-pyrrole nitrogens is 1. The van der Waals surface area contributed by atoms with Gasteiger partial charge in [0.25, 0.3) is 5.56 Å². The van der Waals surface area contributed by atoms with Gasteiger partial charge in [-0.15, -0.1) is 0 Å². The molecule has 5 rings (SSSR count). The molecule has 2 N–H and O–H groups in total. The number of aliphatic hydroxyl groups excluding tert-OH is 1. The summed E-state index contributed by atoms with van der Waals surface area (Å²) in [6.07, 6.45) is 0. The number of fused-ring (bicyclic) bond motifs is 2. The third-order valence-corrected chi connectivity index (χ3v) is 7.05. The van der Waals surface area contributed by atoms with Gasteiger partial charge in [-0.05, 0) is 43.7 Å². The van der Waals surface area contributed by atoms with Gasteiger partial charge in [-0.2, -0.15) is 5.26 Å². The zero-order valence-corrected chi connectivity index (χ0v) is 20.6. The summed E-state index contributed by atoms with van der Waals surface area (Å²) in [6, 6.07) is 24.7. The van der Waals surface area contributed by atoms with Gasteiger partial charge in [-0.3, -0.25) is 9.36 Å². The molecule has 1 atom stereocenters. The molecule has 1 unspecified atom stereocenters. The van der Waals surface area contributed by atoms with E-state index >= 15 is 0 Å². The molecule has 0 spiro atoms. The van der Waals surface area contributed by atoms with Crippen LogP contribution in [0.15, 0.2) is 88.5 Å². The van der Waals surface area contributed by atoms with Crippen molar-refractivity contribution >= 4 is 39.3 Å². The highest BCUT2D eigenvalue weighted by Gasteiger charge is 2.22. The number of hydrogen-bond donors (Lipinski definition) is 2. The Morgan fingerprint density at radius 3 is 2.47 bits per heavy atom. The number of aromatic nitrogens is 4. The Morgan fingerprint density at radius 2 is 1.75 bits per heavy atom. The third kappa shape index (κ3) is 4.49. The largest absolute Gasteiger partial charge is 0.510 e. The smallest absolute Gasteiger partial charge is 0.262 e. The molecule has 0 aliphatic heterocycles. The summed E-state index contributed by atoms with van der Waals surface area (Å²) in [6.45, 7) is 4.13. The second-order valence-electron chi connectivity index (χ2n) is 8.52. The molecular formula is C28H23N5O2S. The molecule has 0 radical (unpaired) electrons. The van der Waals surface area contributed by atoms with Crippen LogP contribution in [0.2, 0.25) is 0 Å². The number of aliphatic hydroxyl groups is 1. The molecule has 2 heterocycles. The average molecular weight is 494 g/mol. The van der Waals surface area contributed by atoms with E-state index in [1.165, 1.54) is 11.8 Å². The predicted octanol–water partition coefficient (Wildman–Crippen LogP) is 5.60. The molecule has 2 aromatic heterocycles. The summed E-state index contributed by atoms with van der Waals surface area (Å²) < 4.78 is 1.62. The number of nitriles is 1. The molecule has 0 saturated heterocycles. The first-order chi connectivity index (χ1) is 17.4. The summed E-state index contributed by atoms with van der Waals surface area (Å²) in [5, 5.41) is 21.3. The molecule has 8 heteroatoms. The van der Waals surface area contributed by atoms with Crippen LogP contribution in [0.3, 0.4) is 0 Å². The van der Waals surface area contributed by atoms with Crippen LogP contribution in [0.5, 0.6) is 0 Å². The Morgan fingerprint density at radius 1 is 1.06 bits per heavy atom. The molecule has 0 amide bonds. The summed E-state index contributed by atoms with van der Waals surface area (Å²) >= 11 is 1.23. The van der Waals surface area contributed by atoms with Gasteiger partial charge in [0.2, 0.25) is 0 Å². The highest BCUT2D eigenvalue weighted by atomic mass is 32.2. The first-order valence-electron chi connectivity index (χ1n) is 11.4. The summed E-state index contributed by atoms with van der Waals surface area (Å²) in [5.74, 6) is 0.165. The molecule has 0 aliphatic rings. The van der Waals surface area contributed by atoms with E-state index in [1.807, 2.05) is 67.6 Å². The minimum absolute atomic E-state index is 0.0550. The Bertz CT molecular complexity index is 1680. The van der Waals surface area contributed by atoms with Gasteiger partial charge in [-0.1, -0.05) is 65.9 Å². The van der Waals surface area contributed by atoms with Gasteiger partial charge >= 0.3 is 0 Å². The van der Waals surface area contributed by atoms with Crippen LogP contribution in [-0.2, 0) is 6.54 Å². The maximum atomic E-state index is 13.5. The van der Waals surface area contributed by atoms with Gasteiger partial charge in [0.15, 0.2) is 11.0 Å². The van der Waals surface area contributed by atoms with E-state index in [4.69, 9.17) is 4.98 Å². The molecule has 0 saturated carbocycles. The molecule has 0 aliphatic carbocycles. The number of aryl methyl sites for hydroxylation is 1. The van der Waals surface area contributed by atoms with E-state index in [2.05, 4.69) is 16.0 Å². The van der Waals surface area contributed by atoms with Crippen LogP contribution in [0.25, 0.3) is 27.5 Å². The number of para-hydroxylation sites is 3. The highest BCUT2D eigenvalue weighted by molar-refractivity contribution is 7.99. The quantitative estimate of drug-likeness (QED) is 0.138. The fourth-order valence-electron chi connectivity index (χ4n) is 3.97. The van der Waals surface area contributed by atoms with E-state index in [9.17, 15) is 15.2 Å². The number of rotatable bonds is 6. The summed E-state index contributed by atoms with van der Waals surface area (Å²) in [5.41, 5.74) is 4.06. The van der Waals surface area contributed by atoms with Gasteiger partial charge in [0.1, 0.15) is 17.4 Å². The van der Waals surface area contributed by atoms with Crippen molar-refractivity contribution in [2.75, 3.05) is 0 Å². The van der Waals surface area contributed by atoms with E-state index in [0.717, 1.165) is 16.6 Å². The van der Waals surface area contributed by atoms with Crippen LogP contribution in [0.4, 0.5) is 0 Å². The van der Waals surface area contributed by atoms with Crippen LogP contribution >= 0.6 is 11.8 Å². The van der Waals surface area contributed by atoms with Crippen molar-refractivity contribution in [2.45, 2.75) is 30.8 Å². The lowest BCUT2D eigenvalue weighted by Crippen LogP contribution is -2.24. The Labute approximate surface area is 211 Å². The SMILES string of the molecule is Cc1ccc(Cn2c(SC(C)/C(O)=C(\C#N)c3nc4ccccc4[nH]3)nc3ccccc3c2=O)cc1. The number of imidazole rings is 1. The van der Waals surface area contributed by atoms with Gasteiger partial charge in [0, 0.05) is 0 Å². The molecule has 0 bridgehead atoms. The van der Waals surface area contributed by atoms with Crippen molar-refractivity contribution in [3.8, 4) is 6.07 Å². The van der Waals surface area contributed by atoms with E-state index in [-0.39, 0.29) is 16.9 Å². The molecule has 7 nitrogen and oxygen atoms in total. The summed E-state index contributed by atoms with van der Waals surface area (Å²) in [4.78, 5) is 25.8. The number of aromatic amines is 1. The van der Waals surface area contributed by atoms with Crippen molar-refractivity contribution in [3.63, 3.8) is 0 Å². The zero-order chi connectivity index (χ0) is 25.2. The maximum Gasteiger partial charge on any atom is 0.262 e. The highest BCUT2D eigenvalue weighted by Crippen LogP contribution is 2.30. The fraction of sp³-hybridized carbons (Fsp3) is 0.143. The normalized spacial score (nSPS) is 12.9. The second kappa shape index (κ2) is 9.72. The van der Waals surface area contributed by atoms with Crippen molar-refractivity contribution in [1.29, 1.82) is 5.26 Å². The number of nitrogens with zero attached hydrogens (tertiary/aromatic N) is 4. The Hall–Kier alpha value is -4.35. The van der Waals surface area contributed by atoms with E-state index < -0.39 is 5.25 Å². The predicted molar refractivity (Wildman–Crippen MR) is 143 cm³/mol. The van der Waals surface area contributed by atoms with Crippen LogP contribution in [0, 0.1) is 18.3 Å². The first kappa shape index (κ1) is 23.4. The molecule has 36 heavy (non-hydrogen) atoms. The zero-order valence-electron chi connectivity index (χ0n) is 19.8. The number of thioether (sulfide) groups is 1. The minimum atomic E-state index is -0.565. The molecule has 5 aromatic rings. The lowest BCUT2D eigenvalue weighted by atomic mass is 10.1. The third-order valence-electron chi connectivity index (χ3n) is 5.95. The van der Waals surface area contributed by atoms with Crippen LogP contribution in [0.1, 0.15) is 23.9 Å². The van der Waals surface area contributed by atoms with Crippen molar-refractivity contribution < 1.29 is 5.11 Å². The Balaban J connectivity index is 1.56. The maximum absolute atomic E-state index is 13.5. The monoisotopic (exact) mass is 493 g/mol. The van der Waals surface area contributed by atoms with Crippen molar-refractivity contribution in [2.24, 2.45) is 0 Å². The number of allylic oxidation sites excluding steroid dienone is 1. The molecular weight excluding hydrogens is 470 g/mol. The number of hydrogen-bond acceptors (Lipinski definition) is 6. The van der Waals surface area contributed by atoms with Crippen molar-refractivity contribution in [1.82, 2.24) is 19.5 Å². The molecule has 0 fully saturated rings. The second-order valence-corrected chi connectivity index (χ2v) is 9.83. The van der Waals surface area contributed by atoms with E-state index in [1.54, 1.807) is 23.6 Å². The van der Waals surface area contributed by atoms with Gasteiger partial charge < -0.3 is 10.1 Å². The molecule has 178 valence electrons.